The molecule has 74 valence electrons. The Morgan fingerprint density at radius 1 is 1.08 bits per heavy atom. The molecule has 3 heteroatoms. The van der Waals surface area contributed by atoms with E-state index in [9.17, 15) is 0 Å². The third-order valence-corrected chi connectivity index (χ3v) is 1.69. The zero-order valence-corrected chi connectivity index (χ0v) is 8.08. The Balaban J connectivity index is 2.91. The molecule has 0 spiro atoms. The number of aliphatic hydroxyl groups is 2. The van der Waals surface area contributed by atoms with Gasteiger partial charge in [0.1, 0.15) is 0 Å². The van der Waals surface area contributed by atoms with Crippen LogP contribution in [0.5, 0.6) is 0 Å². The topological polar surface area (TPSA) is 52.5 Å². The molecule has 0 aliphatic heterocycles. The molecule has 3 N–H and O–H groups in total. The van der Waals surface area contributed by atoms with Crippen molar-refractivity contribution in [1.29, 1.82) is 0 Å². The van der Waals surface area contributed by atoms with Gasteiger partial charge >= 0.3 is 0 Å². The first kappa shape index (κ1) is 11.9. The fraction of sp³-hybridized carbons (Fsp3) is 1.00. The summed E-state index contributed by atoms with van der Waals surface area (Å²) in [4.78, 5) is 0. The summed E-state index contributed by atoms with van der Waals surface area (Å²) >= 11 is 0. The average Bonchev–Trinajstić information content (AvgIpc) is 1.95. The van der Waals surface area contributed by atoms with Crippen LogP contribution in [0.3, 0.4) is 0 Å². The van der Waals surface area contributed by atoms with Crippen LogP contribution in [0.2, 0.25) is 0 Å². The molecule has 0 heterocycles. The molecule has 0 aromatic carbocycles. The van der Waals surface area contributed by atoms with E-state index in [1.165, 1.54) is 0 Å². The standard InChI is InChI=1S/C9H21NO2/c1-8(2)10-7-5-3-4-6-9(11)12/h8-12H,3-7H2,1-2H3. The lowest BCUT2D eigenvalue weighted by Gasteiger charge is -2.07. The first-order valence-electron chi connectivity index (χ1n) is 4.72. The maximum absolute atomic E-state index is 8.54. The van der Waals surface area contributed by atoms with Gasteiger partial charge in [0, 0.05) is 6.04 Å². The SMILES string of the molecule is CC(C)NCCCCCC(O)O. The zero-order valence-electron chi connectivity index (χ0n) is 8.08. The summed E-state index contributed by atoms with van der Waals surface area (Å²) in [6.45, 7) is 5.27. The van der Waals surface area contributed by atoms with E-state index in [-0.39, 0.29) is 0 Å². The molecule has 0 bridgehead atoms. The minimum absolute atomic E-state index is 0.502. The maximum atomic E-state index is 8.54. The van der Waals surface area contributed by atoms with Crippen LogP contribution in [0.25, 0.3) is 0 Å². The van der Waals surface area contributed by atoms with Crippen LogP contribution in [-0.2, 0) is 0 Å². The Morgan fingerprint density at radius 3 is 2.25 bits per heavy atom. The van der Waals surface area contributed by atoms with E-state index in [1.807, 2.05) is 0 Å². The fourth-order valence-electron chi connectivity index (χ4n) is 1.02. The highest BCUT2D eigenvalue weighted by Gasteiger charge is 1.96. The van der Waals surface area contributed by atoms with Crippen molar-refractivity contribution in [3.63, 3.8) is 0 Å². The molecule has 0 saturated heterocycles. The lowest BCUT2D eigenvalue weighted by atomic mass is 10.2. The molecular weight excluding hydrogens is 154 g/mol. The Labute approximate surface area is 74.8 Å². The van der Waals surface area contributed by atoms with E-state index >= 15 is 0 Å². The summed E-state index contributed by atoms with van der Waals surface area (Å²) in [6.07, 6.45) is 2.46. The van der Waals surface area contributed by atoms with Crippen molar-refractivity contribution in [1.82, 2.24) is 5.32 Å². The predicted octanol–water partition coefficient (Wildman–Crippen LogP) is 0.855. The summed E-state index contributed by atoms with van der Waals surface area (Å²) in [5.74, 6) is 0. The van der Waals surface area contributed by atoms with Crippen molar-refractivity contribution in [3.05, 3.63) is 0 Å². The maximum Gasteiger partial charge on any atom is 0.151 e. The monoisotopic (exact) mass is 175 g/mol. The van der Waals surface area contributed by atoms with Gasteiger partial charge in [-0.2, -0.15) is 0 Å². The van der Waals surface area contributed by atoms with E-state index < -0.39 is 6.29 Å². The van der Waals surface area contributed by atoms with Crippen LogP contribution < -0.4 is 5.32 Å². The van der Waals surface area contributed by atoms with Gasteiger partial charge in [-0.1, -0.05) is 20.3 Å². The van der Waals surface area contributed by atoms with Gasteiger partial charge in [-0.05, 0) is 25.8 Å². The van der Waals surface area contributed by atoms with Crippen molar-refractivity contribution in [2.24, 2.45) is 0 Å². The predicted molar refractivity (Wildman–Crippen MR) is 49.8 cm³/mol. The number of hydrogen-bond donors (Lipinski definition) is 3. The zero-order chi connectivity index (χ0) is 9.40. The third-order valence-electron chi connectivity index (χ3n) is 1.69. The van der Waals surface area contributed by atoms with Crippen LogP contribution in [0.15, 0.2) is 0 Å². The lowest BCUT2D eigenvalue weighted by Crippen LogP contribution is -2.23. The van der Waals surface area contributed by atoms with Gasteiger partial charge in [-0.3, -0.25) is 0 Å². The molecule has 0 aliphatic rings. The minimum Gasteiger partial charge on any atom is -0.368 e. The highest BCUT2D eigenvalue weighted by molar-refractivity contribution is 4.53. The molecule has 12 heavy (non-hydrogen) atoms. The Hall–Kier alpha value is -0.120. The highest BCUT2D eigenvalue weighted by atomic mass is 16.5. The Morgan fingerprint density at radius 2 is 1.75 bits per heavy atom. The van der Waals surface area contributed by atoms with Gasteiger partial charge in [0.05, 0.1) is 0 Å². The summed E-state index contributed by atoms with van der Waals surface area (Å²) < 4.78 is 0. The van der Waals surface area contributed by atoms with Gasteiger partial charge in [0.2, 0.25) is 0 Å². The van der Waals surface area contributed by atoms with Crippen LogP contribution in [-0.4, -0.2) is 29.1 Å². The molecule has 0 aliphatic carbocycles. The van der Waals surface area contributed by atoms with E-state index in [4.69, 9.17) is 10.2 Å². The molecule has 0 rings (SSSR count). The smallest absolute Gasteiger partial charge is 0.151 e. The highest BCUT2D eigenvalue weighted by Crippen LogP contribution is 2.00. The van der Waals surface area contributed by atoms with Crippen LogP contribution in [0.4, 0.5) is 0 Å². The summed E-state index contributed by atoms with van der Waals surface area (Å²) in [5.41, 5.74) is 0. The molecule has 0 fully saturated rings. The molecule has 0 amide bonds. The Bertz CT molecular complexity index is 82.5. The van der Waals surface area contributed by atoms with Crippen molar-refractivity contribution in [3.8, 4) is 0 Å². The molecule has 0 saturated carbocycles. The van der Waals surface area contributed by atoms with Crippen molar-refractivity contribution >= 4 is 0 Å². The van der Waals surface area contributed by atoms with Crippen molar-refractivity contribution < 1.29 is 10.2 Å². The summed E-state index contributed by atoms with van der Waals surface area (Å²) in [6, 6.07) is 0.549. The van der Waals surface area contributed by atoms with Gasteiger partial charge in [0.15, 0.2) is 6.29 Å². The summed E-state index contributed by atoms with van der Waals surface area (Å²) in [5, 5.41) is 20.4. The van der Waals surface area contributed by atoms with Crippen LogP contribution >= 0.6 is 0 Å². The first-order chi connectivity index (χ1) is 5.63. The van der Waals surface area contributed by atoms with Crippen LogP contribution in [0.1, 0.15) is 39.5 Å². The average molecular weight is 175 g/mol. The number of nitrogens with one attached hydrogen (secondary N) is 1. The number of unbranched alkanes of at least 4 members (excludes halogenated alkanes) is 2. The third kappa shape index (κ3) is 9.88. The van der Waals surface area contributed by atoms with Gasteiger partial charge in [-0.25, -0.2) is 0 Å². The molecule has 0 atom stereocenters. The molecule has 0 radical (unpaired) electrons. The molecule has 0 unspecified atom stereocenters. The van der Waals surface area contributed by atoms with E-state index in [0.717, 1.165) is 25.8 Å². The van der Waals surface area contributed by atoms with E-state index in [1.54, 1.807) is 0 Å². The van der Waals surface area contributed by atoms with Gasteiger partial charge < -0.3 is 15.5 Å². The van der Waals surface area contributed by atoms with Crippen molar-refractivity contribution in [2.45, 2.75) is 51.9 Å². The largest absolute Gasteiger partial charge is 0.368 e. The molecule has 0 aromatic rings. The van der Waals surface area contributed by atoms with Crippen molar-refractivity contribution in [2.75, 3.05) is 6.54 Å². The molecular formula is C9H21NO2. The second-order valence-electron chi connectivity index (χ2n) is 3.44. The number of rotatable bonds is 7. The number of hydrogen-bond acceptors (Lipinski definition) is 3. The second kappa shape index (κ2) is 7.53. The fourth-order valence-corrected chi connectivity index (χ4v) is 1.02. The lowest BCUT2D eigenvalue weighted by molar-refractivity contribution is -0.0465. The molecule has 0 aromatic heterocycles. The number of aliphatic hydroxyl groups excluding tert-OH is 1. The summed E-state index contributed by atoms with van der Waals surface area (Å²) in [7, 11) is 0. The van der Waals surface area contributed by atoms with Crippen LogP contribution in [0, 0.1) is 0 Å². The van der Waals surface area contributed by atoms with Gasteiger partial charge in [-0.15, -0.1) is 0 Å². The normalized spacial score (nSPS) is 11.5. The first-order valence-corrected chi connectivity index (χ1v) is 4.72. The minimum atomic E-state index is -1.12. The quantitative estimate of drug-likeness (QED) is 0.397. The molecule has 3 nitrogen and oxygen atoms in total. The Kier molecular flexibility index (Phi) is 7.45. The van der Waals surface area contributed by atoms with E-state index in [2.05, 4.69) is 19.2 Å². The second-order valence-corrected chi connectivity index (χ2v) is 3.44. The van der Waals surface area contributed by atoms with Gasteiger partial charge in [0.25, 0.3) is 0 Å². The van der Waals surface area contributed by atoms with E-state index in [0.29, 0.717) is 12.5 Å².